The SMILES string of the molecule is C1CCCCC1.CN1CCN(CCc2cnc(N)nc2)CC1.CS(=O)(=O)Nc1cnc2cc(N3CCOCC3)[nH]c(=O)c2c1.[HH].[HH]. The second-order valence-electron chi connectivity index (χ2n) is 11.6. The molecule has 3 aromatic rings. The van der Waals surface area contributed by atoms with Gasteiger partial charge in [-0.2, -0.15) is 0 Å². The van der Waals surface area contributed by atoms with Crippen LogP contribution in [0.25, 0.3) is 10.9 Å². The number of morpholine rings is 1. The van der Waals surface area contributed by atoms with Crippen LogP contribution in [0.5, 0.6) is 0 Å². The minimum Gasteiger partial charge on any atom is -0.378 e. The molecule has 0 amide bonds. The molecule has 44 heavy (non-hydrogen) atoms. The summed E-state index contributed by atoms with van der Waals surface area (Å²) in [5.74, 6) is 1.04. The molecule has 0 spiro atoms. The van der Waals surface area contributed by atoms with Gasteiger partial charge in [-0.05, 0) is 25.1 Å². The Labute approximate surface area is 263 Å². The highest BCUT2D eigenvalue weighted by Crippen LogP contribution is 2.19. The van der Waals surface area contributed by atoms with Gasteiger partial charge in [0.1, 0.15) is 5.82 Å². The molecule has 0 radical (unpaired) electrons. The molecule has 3 aromatic heterocycles. The number of sulfonamides is 1. The Kier molecular flexibility index (Phi) is 12.7. The lowest BCUT2D eigenvalue weighted by molar-refractivity contribution is 0.122. The number of nitrogens with two attached hydrogens (primary N) is 1. The molecule has 2 saturated heterocycles. The molecule has 0 bridgehead atoms. The molecule has 0 unspecified atom stereocenters. The predicted molar refractivity (Wildman–Crippen MR) is 180 cm³/mol. The summed E-state index contributed by atoms with van der Waals surface area (Å²) in [6.07, 6.45) is 16.1. The minimum absolute atomic E-state index is 0. The van der Waals surface area contributed by atoms with E-state index in [2.05, 4.69) is 41.5 Å². The highest BCUT2D eigenvalue weighted by Gasteiger charge is 2.15. The third kappa shape index (κ3) is 11.3. The number of rotatable bonds is 6. The maximum atomic E-state index is 12.2. The summed E-state index contributed by atoms with van der Waals surface area (Å²) in [5, 5.41) is 0.339. The van der Waals surface area contributed by atoms with E-state index in [-0.39, 0.29) is 14.1 Å². The molecule has 0 aromatic carbocycles. The first-order valence-electron chi connectivity index (χ1n) is 15.5. The van der Waals surface area contributed by atoms with Crippen molar-refractivity contribution in [2.24, 2.45) is 0 Å². The Hall–Kier alpha value is -3.33. The molecule has 13 nitrogen and oxygen atoms in total. The van der Waals surface area contributed by atoms with E-state index >= 15 is 0 Å². The van der Waals surface area contributed by atoms with E-state index in [4.69, 9.17) is 10.5 Å². The van der Waals surface area contributed by atoms with Crippen molar-refractivity contribution in [1.82, 2.24) is 29.7 Å². The molecule has 3 aliphatic rings. The highest BCUT2D eigenvalue weighted by molar-refractivity contribution is 7.92. The lowest BCUT2D eigenvalue weighted by Crippen LogP contribution is -2.45. The van der Waals surface area contributed by atoms with Crippen molar-refractivity contribution < 1.29 is 16.0 Å². The molecular formula is C30H51N9O4S. The number of likely N-dealkylation sites (N-methyl/N-ethyl adjacent to an activating group) is 1. The number of hydrogen-bond donors (Lipinski definition) is 3. The molecule has 246 valence electrons. The molecule has 5 heterocycles. The van der Waals surface area contributed by atoms with Crippen molar-refractivity contribution in [3.05, 3.63) is 46.6 Å². The third-order valence-corrected chi connectivity index (χ3v) is 8.48. The average Bonchev–Trinajstić information content (AvgIpc) is 3.03. The van der Waals surface area contributed by atoms with Gasteiger partial charge in [-0.3, -0.25) is 14.5 Å². The van der Waals surface area contributed by atoms with Crippen LogP contribution in [-0.2, 0) is 21.2 Å². The van der Waals surface area contributed by atoms with Gasteiger partial charge in [-0.1, -0.05) is 38.5 Å². The van der Waals surface area contributed by atoms with Gasteiger partial charge in [0, 0.05) is 67.1 Å². The number of nitrogens with zero attached hydrogens (tertiary/aromatic N) is 6. The average molecular weight is 634 g/mol. The van der Waals surface area contributed by atoms with Crippen molar-refractivity contribution >= 4 is 38.4 Å². The molecule has 14 heteroatoms. The van der Waals surface area contributed by atoms with Gasteiger partial charge in [-0.15, -0.1) is 0 Å². The Morgan fingerprint density at radius 3 is 2.14 bits per heavy atom. The Bertz CT molecular complexity index is 1470. The number of pyridine rings is 2. The second kappa shape index (κ2) is 16.7. The fraction of sp³-hybridized carbons (Fsp3) is 0.600. The van der Waals surface area contributed by atoms with Crippen LogP contribution in [0.15, 0.2) is 35.5 Å². The van der Waals surface area contributed by atoms with Crippen molar-refractivity contribution in [1.29, 1.82) is 0 Å². The van der Waals surface area contributed by atoms with Crippen LogP contribution in [0.1, 0.15) is 46.9 Å². The number of nitrogens with one attached hydrogen (secondary N) is 2. The summed E-state index contributed by atoms with van der Waals surface area (Å²) >= 11 is 0. The molecule has 2 aliphatic heterocycles. The summed E-state index contributed by atoms with van der Waals surface area (Å²) < 4.78 is 30.1. The van der Waals surface area contributed by atoms with E-state index in [1.54, 1.807) is 6.07 Å². The largest absolute Gasteiger partial charge is 0.378 e. The number of piperazine rings is 1. The zero-order valence-electron chi connectivity index (χ0n) is 26.0. The topological polar surface area (TPSA) is 163 Å². The van der Waals surface area contributed by atoms with E-state index < -0.39 is 10.0 Å². The van der Waals surface area contributed by atoms with Crippen LogP contribution < -0.4 is 20.9 Å². The maximum Gasteiger partial charge on any atom is 0.259 e. The lowest BCUT2D eigenvalue weighted by atomic mass is 10.0. The van der Waals surface area contributed by atoms with Gasteiger partial charge in [0.15, 0.2) is 0 Å². The van der Waals surface area contributed by atoms with Gasteiger partial charge in [0.05, 0.1) is 42.3 Å². The van der Waals surface area contributed by atoms with Crippen LogP contribution in [0.2, 0.25) is 0 Å². The Morgan fingerprint density at radius 2 is 1.55 bits per heavy atom. The van der Waals surface area contributed by atoms with E-state index in [1.165, 1.54) is 50.8 Å². The Morgan fingerprint density at radius 1 is 0.932 bits per heavy atom. The van der Waals surface area contributed by atoms with Gasteiger partial charge >= 0.3 is 0 Å². The fourth-order valence-electron chi connectivity index (χ4n) is 5.28. The summed E-state index contributed by atoms with van der Waals surface area (Å²) in [6, 6.07) is 3.26. The van der Waals surface area contributed by atoms with E-state index in [9.17, 15) is 13.2 Å². The molecular weight excluding hydrogens is 582 g/mol. The summed E-state index contributed by atoms with van der Waals surface area (Å²) in [4.78, 5) is 34.1. The number of hydrogen-bond acceptors (Lipinski definition) is 11. The molecule has 1 saturated carbocycles. The monoisotopic (exact) mass is 633 g/mol. The standard InChI is InChI=1S/C13H16N4O4S.C11H19N5.C6H12.2H2/c1-22(19,20)16-9-6-10-11(14-8-9)7-12(15-13(10)18)17-2-4-21-5-3-17;1-15-4-6-16(7-5-15)3-2-10-8-13-11(12)14-9-10;1-2-4-6-5-3-1;;/h6-8,16H,2-5H2,1H3,(H,15,18);8-9H,2-7H2,1H3,(H2,12,13,14);1-6H2;2*1H. The van der Waals surface area contributed by atoms with Crippen LogP contribution >= 0.6 is 0 Å². The van der Waals surface area contributed by atoms with Crippen LogP contribution in [0.3, 0.4) is 0 Å². The number of aromatic amines is 1. The van der Waals surface area contributed by atoms with Crippen LogP contribution in [-0.4, -0.2) is 110 Å². The molecule has 6 rings (SSSR count). The van der Waals surface area contributed by atoms with Crippen molar-refractivity contribution in [3.8, 4) is 0 Å². The normalized spacial score (nSPS) is 18.1. The predicted octanol–water partition coefficient (Wildman–Crippen LogP) is 2.81. The number of aromatic nitrogens is 4. The maximum absolute atomic E-state index is 12.2. The van der Waals surface area contributed by atoms with E-state index in [0.717, 1.165) is 51.0 Å². The number of fused-ring (bicyclic) bond motifs is 1. The van der Waals surface area contributed by atoms with Crippen molar-refractivity contribution in [3.63, 3.8) is 0 Å². The number of anilines is 3. The van der Waals surface area contributed by atoms with Gasteiger partial charge in [0.2, 0.25) is 16.0 Å². The van der Waals surface area contributed by atoms with Gasteiger partial charge in [-0.25, -0.2) is 18.4 Å². The number of nitrogen functional groups attached to an aromatic ring is 1. The summed E-state index contributed by atoms with van der Waals surface area (Å²) in [6.45, 7) is 8.37. The summed E-state index contributed by atoms with van der Waals surface area (Å²) in [5.41, 5.74) is 7.08. The third-order valence-electron chi connectivity index (χ3n) is 7.87. The molecule has 0 atom stereocenters. The smallest absolute Gasteiger partial charge is 0.259 e. The lowest BCUT2D eigenvalue weighted by Gasteiger charge is -2.32. The van der Waals surface area contributed by atoms with Crippen molar-refractivity contribution in [2.45, 2.75) is 44.9 Å². The highest BCUT2D eigenvalue weighted by atomic mass is 32.2. The molecule has 1 aliphatic carbocycles. The Balaban J connectivity index is 0.000000269. The zero-order valence-corrected chi connectivity index (χ0v) is 26.8. The number of H-pyrrole nitrogens is 1. The quantitative estimate of drug-likeness (QED) is 0.366. The minimum atomic E-state index is -3.41. The summed E-state index contributed by atoms with van der Waals surface area (Å²) in [7, 11) is -1.24. The first-order chi connectivity index (χ1) is 21.2. The van der Waals surface area contributed by atoms with Crippen LogP contribution in [0, 0.1) is 0 Å². The van der Waals surface area contributed by atoms with E-state index in [0.29, 0.717) is 49.0 Å². The second-order valence-corrected chi connectivity index (χ2v) is 13.3. The first kappa shape index (κ1) is 33.6. The van der Waals surface area contributed by atoms with Crippen LogP contribution in [0.4, 0.5) is 17.5 Å². The molecule has 4 N–H and O–H groups in total. The van der Waals surface area contributed by atoms with Gasteiger partial charge in [0.25, 0.3) is 5.56 Å². The first-order valence-corrected chi connectivity index (χ1v) is 17.4. The number of ether oxygens (including phenoxy) is 1. The van der Waals surface area contributed by atoms with E-state index in [1.807, 2.05) is 17.3 Å². The fourth-order valence-corrected chi connectivity index (χ4v) is 5.82. The molecule has 3 fully saturated rings. The zero-order chi connectivity index (χ0) is 31.4. The van der Waals surface area contributed by atoms with Crippen molar-refractivity contribution in [2.75, 3.05) is 87.7 Å². The van der Waals surface area contributed by atoms with Gasteiger partial charge < -0.3 is 30.2 Å².